The third-order valence-electron chi connectivity index (χ3n) is 4.12. The molecule has 0 saturated heterocycles. The number of thiol groups is 1. The first-order chi connectivity index (χ1) is 8.88. The van der Waals surface area contributed by atoms with Gasteiger partial charge in [0.2, 0.25) is 0 Å². The van der Waals surface area contributed by atoms with Crippen molar-refractivity contribution < 1.29 is 0 Å². The predicted octanol–water partition coefficient (Wildman–Crippen LogP) is 3.25. The van der Waals surface area contributed by atoms with Crippen molar-refractivity contribution in [1.82, 2.24) is 5.32 Å². The lowest BCUT2D eigenvalue weighted by molar-refractivity contribution is 0.286. The summed E-state index contributed by atoms with van der Waals surface area (Å²) in [6.07, 6.45) is 13.6. The lowest BCUT2D eigenvalue weighted by atomic mass is 9.83. The molecule has 1 N–H and O–H groups in total. The Labute approximate surface area is 117 Å². The Balaban J connectivity index is 1.61. The summed E-state index contributed by atoms with van der Waals surface area (Å²) in [5.74, 6) is 1.88. The molecule has 0 aromatic carbocycles. The third-order valence-corrected chi connectivity index (χ3v) is 4.34. The highest BCUT2D eigenvalue weighted by Gasteiger charge is 2.20. The van der Waals surface area contributed by atoms with Crippen LogP contribution in [0.3, 0.4) is 0 Å². The molecule has 0 amide bonds. The van der Waals surface area contributed by atoms with Crippen molar-refractivity contribution >= 4 is 18.3 Å². The molecule has 18 heavy (non-hydrogen) atoms. The minimum Gasteiger partial charge on any atom is -0.313 e. The zero-order valence-corrected chi connectivity index (χ0v) is 12.2. The monoisotopic (exact) mass is 266 g/mol. The van der Waals surface area contributed by atoms with Gasteiger partial charge in [0.05, 0.1) is 0 Å². The van der Waals surface area contributed by atoms with Gasteiger partial charge in [-0.2, -0.15) is 12.6 Å². The topological polar surface area (TPSA) is 24.4 Å². The van der Waals surface area contributed by atoms with E-state index in [1.165, 1.54) is 44.2 Å². The maximum absolute atomic E-state index is 4.58. The molecule has 3 heteroatoms. The minimum atomic E-state index is 0.750. The summed E-state index contributed by atoms with van der Waals surface area (Å²) in [7, 11) is 0. The number of hydrogen-bond acceptors (Lipinski definition) is 3. The van der Waals surface area contributed by atoms with Gasteiger partial charge in [-0.1, -0.05) is 6.08 Å². The molecule has 0 unspecified atom stereocenters. The van der Waals surface area contributed by atoms with Crippen LogP contribution in [0.2, 0.25) is 0 Å². The number of allylic oxidation sites excluding steroid dienone is 1. The van der Waals surface area contributed by atoms with Crippen LogP contribution in [-0.4, -0.2) is 30.6 Å². The molecular weight excluding hydrogens is 240 g/mol. The van der Waals surface area contributed by atoms with Gasteiger partial charge in [-0.3, -0.25) is 4.99 Å². The molecule has 1 heterocycles. The van der Waals surface area contributed by atoms with Gasteiger partial charge in [-0.25, -0.2) is 0 Å². The van der Waals surface area contributed by atoms with Crippen LogP contribution in [0, 0.1) is 5.92 Å². The third kappa shape index (κ3) is 4.77. The van der Waals surface area contributed by atoms with Crippen molar-refractivity contribution in [2.45, 2.75) is 51.0 Å². The average molecular weight is 266 g/mol. The molecule has 2 aliphatic rings. The van der Waals surface area contributed by atoms with E-state index in [1.54, 1.807) is 0 Å². The highest BCUT2D eigenvalue weighted by Crippen LogP contribution is 2.28. The summed E-state index contributed by atoms with van der Waals surface area (Å²) >= 11 is 4.25. The standard InChI is InChI=1S/C15H26N2S/c18-12-11-17-15-8-5-13(6-9-15)4-7-14-3-1-2-10-16-14/h1,3,13,15,17-18H,2,4-12H2. The normalized spacial score (nSPS) is 28.2. The molecule has 102 valence electrons. The van der Waals surface area contributed by atoms with Crippen molar-refractivity contribution in [3.8, 4) is 0 Å². The van der Waals surface area contributed by atoms with E-state index < -0.39 is 0 Å². The van der Waals surface area contributed by atoms with E-state index in [0.29, 0.717) is 0 Å². The maximum Gasteiger partial charge on any atom is 0.0427 e. The number of dihydropyridines is 1. The molecule has 1 fully saturated rings. The number of nitrogens with one attached hydrogen (secondary N) is 1. The van der Waals surface area contributed by atoms with Gasteiger partial charge >= 0.3 is 0 Å². The fourth-order valence-corrected chi connectivity index (χ4v) is 3.12. The van der Waals surface area contributed by atoms with Gasteiger partial charge in [0.25, 0.3) is 0 Å². The maximum atomic E-state index is 4.58. The summed E-state index contributed by atoms with van der Waals surface area (Å²) in [5.41, 5.74) is 1.33. The van der Waals surface area contributed by atoms with Crippen molar-refractivity contribution in [2.24, 2.45) is 10.9 Å². The van der Waals surface area contributed by atoms with Crippen LogP contribution in [0.25, 0.3) is 0 Å². The lowest BCUT2D eigenvalue weighted by Gasteiger charge is -2.29. The Kier molecular flexibility index (Phi) is 6.29. The second kappa shape index (κ2) is 8.00. The molecular formula is C15H26N2S. The quantitative estimate of drug-likeness (QED) is 0.709. The predicted molar refractivity (Wildman–Crippen MR) is 82.9 cm³/mol. The molecule has 2 rings (SSSR count). The van der Waals surface area contributed by atoms with Crippen LogP contribution in [0.5, 0.6) is 0 Å². The molecule has 0 atom stereocenters. The molecule has 0 aromatic heterocycles. The van der Waals surface area contributed by atoms with Crippen LogP contribution in [0.4, 0.5) is 0 Å². The highest BCUT2D eigenvalue weighted by molar-refractivity contribution is 7.80. The number of rotatable bonds is 6. The van der Waals surface area contributed by atoms with Crippen molar-refractivity contribution in [3.05, 3.63) is 12.2 Å². The largest absolute Gasteiger partial charge is 0.313 e. The number of aliphatic imine (C=N–C) groups is 1. The SMILES string of the molecule is SCCNC1CCC(CCC2=NCCC=C2)CC1. The fourth-order valence-electron chi connectivity index (χ4n) is 2.99. The van der Waals surface area contributed by atoms with Gasteiger partial charge in [0.15, 0.2) is 0 Å². The van der Waals surface area contributed by atoms with Crippen LogP contribution < -0.4 is 5.32 Å². The molecule has 0 spiro atoms. The Morgan fingerprint density at radius 1 is 1.28 bits per heavy atom. The Morgan fingerprint density at radius 2 is 2.11 bits per heavy atom. The van der Waals surface area contributed by atoms with Gasteiger partial charge in [0.1, 0.15) is 0 Å². The van der Waals surface area contributed by atoms with E-state index in [9.17, 15) is 0 Å². The smallest absolute Gasteiger partial charge is 0.0427 e. The molecule has 0 bridgehead atoms. The van der Waals surface area contributed by atoms with Gasteiger partial charge in [0, 0.05) is 30.6 Å². The molecule has 0 aromatic rings. The Hall–Kier alpha value is -0.280. The van der Waals surface area contributed by atoms with Crippen molar-refractivity contribution in [1.29, 1.82) is 0 Å². The van der Waals surface area contributed by atoms with E-state index in [2.05, 4.69) is 35.1 Å². The molecule has 1 aliphatic carbocycles. The van der Waals surface area contributed by atoms with E-state index in [-0.39, 0.29) is 0 Å². The van der Waals surface area contributed by atoms with Crippen LogP contribution in [0.1, 0.15) is 44.9 Å². The Bertz CT molecular complexity index is 291. The van der Waals surface area contributed by atoms with Gasteiger partial charge < -0.3 is 5.32 Å². The second-order valence-electron chi connectivity index (χ2n) is 5.50. The van der Waals surface area contributed by atoms with Gasteiger partial charge in [-0.15, -0.1) is 0 Å². The Morgan fingerprint density at radius 3 is 2.78 bits per heavy atom. The zero-order valence-electron chi connectivity index (χ0n) is 11.3. The summed E-state index contributed by atoms with van der Waals surface area (Å²) in [5, 5.41) is 3.59. The zero-order chi connectivity index (χ0) is 12.6. The molecule has 0 radical (unpaired) electrons. The summed E-state index contributed by atoms with van der Waals surface area (Å²) in [6.45, 7) is 2.06. The van der Waals surface area contributed by atoms with E-state index >= 15 is 0 Å². The first-order valence-electron chi connectivity index (χ1n) is 7.42. The minimum absolute atomic E-state index is 0.750. The molecule has 1 aliphatic heterocycles. The summed E-state index contributed by atoms with van der Waals surface area (Å²) in [4.78, 5) is 4.58. The molecule has 2 nitrogen and oxygen atoms in total. The summed E-state index contributed by atoms with van der Waals surface area (Å²) in [6, 6.07) is 0.750. The van der Waals surface area contributed by atoms with E-state index in [1.807, 2.05) is 0 Å². The molecule has 1 saturated carbocycles. The van der Waals surface area contributed by atoms with Crippen LogP contribution in [0.15, 0.2) is 17.1 Å². The first kappa shape index (κ1) is 14.1. The second-order valence-corrected chi connectivity index (χ2v) is 5.95. The van der Waals surface area contributed by atoms with Crippen molar-refractivity contribution in [2.75, 3.05) is 18.8 Å². The van der Waals surface area contributed by atoms with Crippen LogP contribution >= 0.6 is 12.6 Å². The summed E-state index contributed by atoms with van der Waals surface area (Å²) < 4.78 is 0. The number of nitrogens with zero attached hydrogens (tertiary/aromatic N) is 1. The van der Waals surface area contributed by atoms with E-state index in [4.69, 9.17) is 0 Å². The average Bonchev–Trinajstić information content (AvgIpc) is 2.45. The van der Waals surface area contributed by atoms with E-state index in [0.717, 1.165) is 37.2 Å². The number of hydrogen-bond donors (Lipinski definition) is 2. The first-order valence-corrected chi connectivity index (χ1v) is 8.06. The lowest BCUT2D eigenvalue weighted by Crippen LogP contribution is -2.34. The fraction of sp³-hybridized carbons (Fsp3) is 0.800. The highest BCUT2D eigenvalue weighted by atomic mass is 32.1. The van der Waals surface area contributed by atoms with Crippen LogP contribution in [-0.2, 0) is 0 Å². The van der Waals surface area contributed by atoms with Crippen molar-refractivity contribution in [3.63, 3.8) is 0 Å². The van der Waals surface area contributed by atoms with Gasteiger partial charge in [-0.05, 0) is 56.9 Å².